The summed E-state index contributed by atoms with van der Waals surface area (Å²) >= 11 is 0. The molecule has 6 fully saturated rings. The average molecular weight is 2190 g/mol. The van der Waals surface area contributed by atoms with E-state index in [1.54, 1.807) is 13.8 Å². The third-order valence-corrected chi connectivity index (χ3v) is 20.3. The Kier molecular flexibility index (Phi) is 70.3. The first kappa shape index (κ1) is 139. The van der Waals surface area contributed by atoms with E-state index in [1.807, 2.05) is 0 Å². The van der Waals surface area contributed by atoms with Crippen molar-refractivity contribution >= 4 is 65.5 Å². The molecule has 8 heterocycles. The Morgan fingerprint density at radius 2 is 0.550 bits per heavy atom. The summed E-state index contributed by atoms with van der Waals surface area (Å²) < 4.78 is 234. The van der Waals surface area contributed by atoms with Crippen LogP contribution in [0.2, 0.25) is 0 Å². The minimum Gasteiger partial charge on any atom is -0.726 e. The Morgan fingerprint density at radius 1 is 0.325 bits per heavy atom. The standard InChI is InChI=1S/2C28H44O24S2.8Na.4Y/c2*1-5-11-18(14(30)8(3)25(37)44-11)48-28-21(52-54(41,42)43)16(32)20(22(50-28)24(35)36)49-26-9(4)15(31)19(12(6-2)45-26)47-27-17(51-53(38,39)40)10(29)7-13(46-27)23(33)34;;;;;;;;;;;;/h2*7-12,14-22,25-32,37H,5-6H2,1-4H3,(H,33,34)(H,35,36)(H,38,39,40)(H,41,42,43);;;;;;;;;;;;/q;;8*+1;;;;/p-8. The number of carbonyl (C=O) groups is 4. The number of aliphatic carboxylic acids is 4. The summed E-state index contributed by atoms with van der Waals surface area (Å²) in [4.78, 5) is 47.6. The van der Waals surface area contributed by atoms with Crippen LogP contribution in [-0.2, 0) is 275 Å². The monoisotopic (exact) mass is 2190 g/mol. The summed E-state index contributed by atoms with van der Waals surface area (Å²) in [5.41, 5.74) is 0. The molecule has 8 rings (SSSR count). The van der Waals surface area contributed by atoms with Crippen LogP contribution in [0.5, 0.6) is 0 Å². The number of aliphatic hydroxyl groups excluding tert-OH is 10. The third-order valence-electron chi connectivity index (χ3n) is 18.5. The Morgan fingerprint density at radius 3 is 0.783 bits per heavy atom. The predicted molar refractivity (Wildman–Crippen MR) is 316 cm³/mol. The zero-order valence-electron chi connectivity index (χ0n) is 67.7. The fourth-order valence-corrected chi connectivity index (χ4v) is 14.6. The van der Waals surface area contributed by atoms with Crippen molar-refractivity contribution in [3.8, 4) is 0 Å². The Hall–Kier alpha value is 7.98. The SMILES string of the molecule is CCC1OC(O)C(C)C(O)C1OC1OC(C(=O)[O-])C(OC2OC(CC)C(OC3OC(C(=O)[O-])=CC(O)C3OS(=O)(=O)[O-])C(O)C2C)C(O)C1OS(=O)(=O)[O-].CCC1OC(O)C(C)C(O)C1OC1OC(C(=O)[O-])C(OC2OC(CC)C(OC3OC(C(=O)[O-])=CC(O)C3OS(=O)(=O)[O-])C(O)C2C)C(O)C1OS(=O)(=O)[O-].[Na+].[Na+].[Na+].[Na+].[Na+].[Na+].[Na+].[Na+].[Y].[Y].[Y].[Y]. The number of aliphatic hydroxyl groups is 10. The van der Waals surface area contributed by atoms with Gasteiger partial charge in [-0.25, -0.2) is 33.7 Å². The van der Waals surface area contributed by atoms with Gasteiger partial charge < -0.3 is 175 Å². The van der Waals surface area contributed by atoms with E-state index in [0.29, 0.717) is 12.2 Å². The summed E-state index contributed by atoms with van der Waals surface area (Å²) in [6.07, 6.45) is -59.5. The maximum Gasteiger partial charge on any atom is 1.00 e. The van der Waals surface area contributed by atoms with E-state index in [2.05, 4.69) is 16.7 Å². The smallest absolute Gasteiger partial charge is 0.726 e. The molecule has 0 amide bonds. The maximum atomic E-state index is 12.3. The number of hydrogen-bond acceptors (Lipinski definition) is 48. The molecule has 0 aromatic rings. The Balaban J connectivity index is -0.000000492. The van der Waals surface area contributed by atoms with E-state index in [1.165, 1.54) is 41.5 Å². The second-order valence-corrected chi connectivity index (χ2v) is 29.8. The van der Waals surface area contributed by atoms with E-state index in [4.69, 9.17) is 66.3 Å². The molecule has 36 unspecified atom stereocenters. The van der Waals surface area contributed by atoms with Gasteiger partial charge in [-0.2, -0.15) is 0 Å². The number of ether oxygens (including phenoxy) is 14. The molecule has 0 saturated carbocycles. The van der Waals surface area contributed by atoms with Gasteiger partial charge in [-0.15, -0.1) is 0 Å². The molecule has 48 nitrogen and oxygen atoms in total. The van der Waals surface area contributed by atoms with E-state index >= 15 is 0 Å². The molecule has 8 aliphatic rings. The number of carboxylic acids is 4. The van der Waals surface area contributed by atoms with Gasteiger partial charge in [0, 0.05) is 155 Å². The summed E-state index contributed by atoms with van der Waals surface area (Å²) in [6.45, 7) is 11.2. The fourth-order valence-electron chi connectivity index (χ4n) is 12.7. The second kappa shape index (κ2) is 60.9. The van der Waals surface area contributed by atoms with Crippen LogP contribution in [0.4, 0.5) is 0 Å². The van der Waals surface area contributed by atoms with Crippen LogP contribution in [0, 0.1) is 23.7 Å². The van der Waals surface area contributed by atoms with Gasteiger partial charge in [0.1, 0.15) is 96.7 Å². The fraction of sp³-hybridized carbons (Fsp3) is 0.857. The van der Waals surface area contributed by atoms with Crippen molar-refractivity contribution < 1.29 is 593 Å². The minimum absolute atomic E-state index is 0. The van der Waals surface area contributed by atoms with Crippen molar-refractivity contribution in [3.05, 3.63) is 23.7 Å². The number of carbonyl (C=O) groups excluding carboxylic acids is 4. The van der Waals surface area contributed by atoms with Crippen LogP contribution in [-0.4, -0.2) is 324 Å². The largest absolute Gasteiger partial charge is 1.00 e. The first-order chi connectivity index (χ1) is 49.9. The topological polar surface area (TPSA) is 758 Å². The van der Waals surface area contributed by atoms with Crippen molar-refractivity contribution in [1.82, 2.24) is 0 Å². The van der Waals surface area contributed by atoms with E-state index < -0.39 is 297 Å². The molecule has 0 spiro atoms. The van der Waals surface area contributed by atoms with Crippen molar-refractivity contribution in [3.63, 3.8) is 0 Å². The van der Waals surface area contributed by atoms with Gasteiger partial charge in [0.25, 0.3) is 0 Å². The van der Waals surface area contributed by atoms with Crippen LogP contribution in [0.15, 0.2) is 23.7 Å². The zero-order valence-corrected chi connectivity index (χ0v) is 98.3. The molecule has 636 valence electrons. The molecule has 36 atom stereocenters. The molecule has 0 aromatic heterocycles. The van der Waals surface area contributed by atoms with E-state index in [-0.39, 0.29) is 393 Å². The van der Waals surface area contributed by atoms with Gasteiger partial charge >= 0.3 is 236 Å². The second-order valence-electron chi connectivity index (χ2n) is 25.8. The van der Waals surface area contributed by atoms with Crippen molar-refractivity contribution in [2.45, 2.75) is 278 Å². The van der Waals surface area contributed by atoms with Gasteiger partial charge in [-0.1, -0.05) is 55.4 Å². The van der Waals surface area contributed by atoms with Crippen LogP contribution in [0.25, 0.3) is 0 Å². The Labute approximate surface area is 966 Å². The molecule has 120 heavy (non-hydrogen) atoms. The van der Waals surface area contributed by atoms with Crippen molar-refractivity contribution in [2.24, 2.45) is 23.7 Å². The van der Waals surface area contributed by atoms with Crippen LogP contribution in [0.3, 0.4) is 0 Å². The van der Waals surface area contributed by atoms with Crippen molar-refractivity contribution in [1.29, 1.82) is 0 Å². The molecule has 64 heteroatoms. The first-order valence-corrected chi connectivity index (χ1v) is 38.1. The van der Waals surface area contributed by atoms with E-state index in [9.17, 15) is 143 Å². The zero-order chi connectivity index (χ0) is 81.2. The molecule has 6 saturated heterocycles. The molecule has 4 radical (unpaired) electrons. The summed E-state index contributed by atoms with van der Waals surface area (Å²) in [6, 6.07) is 0. The Bertz CT molecular complexity index is 3430. The minimum atomic E-state index is -5.71. The molecule has 8 aliphatic heterocycles. The molecule has 0 aliphatic carbocycles. The summed E-state index contributed by atoms with van der Waals surface area (Å²) in [7, 11) is -22.6. The predicted octanol–water partition coefficient (Wildman–Crippen LogP) is -37.4. The maximum absolute atomic E-state index is 12.3. The number of carboxylic acid groups (broad SMARTS) is 4. The van der Waals surface area contributed by atoms with E-state index in [0.717, 1.165) is 0 Å². The third kappa shape index (κ3) is 37.9. The van der Waals surface area contributed by atoms with Gasteiger partial charge in [-0.05, 0) is 37.8 Å². The molecular weight excluding hydrogens is 2110 g/mol. The molecular formula is C56H80Na8O48S4Y4. The van der Waals surface area contributed by atoms with Gasteiger partial charge in [0.05, 0.1) is 60.8 Å². The van der Waals surface area contributed by atoms with Gasteiger partial charge in [0.15, 0.2) is 62.2 Å². The quantitative estimate of drug-likeness (QED) is 0.0198. The molecule has 0 aromatic carbocycles. The van der Waals surface area contributed by atoms with Gasteiger partial charge in [-0.3, -0.25) is 16.7 Å². The number of hydrogen-bond donors (Lipinski definition) is 10. The van der Waals surface area contributed by atoms with Crippen LogP contribution < -0.4 is 257 Å². The average Bonchev–Trinajstić information content (AvgIpc) is 0.770. The van der Waals surface area contributed by atoms with Gasteiger partial charge in [0.2, 0.25) is 54.2 Å². The summed E-state index contributed by atoms with van der Waals surface area (Å²) in [5, 5.41) is 155. The van der Waals surface area contributed by atoms with Crippen molar-refractivity contribution in [2.75, 3.05) is 0 Å². The first-order valence-electron chi connectivity index (χ1n) is 32.8. The molecule has 0 bridgehead atoms. The number of rotatable bonds is 28. The summed E-state index contributed by atoms with van der Waals surface area (Å²) in [5.74, 6) is -14.9. The van der Waals surface area contributed by atoms with Crippen LogP contribution >= 0.6 is 0 Å². The normalized spacial score (nSPS) is 39.1. The van der Waals surface area contributed by atoms with Crippen LogP contribution in [0.1, 0.15) is 81.1 Å². The molecule has 10 N–H and O–H groups in total.